The molecule has 2 radical (unpaired) electrons. The van der Waals surface area contributed by atoms with E-state index >= 15 is 0 Å². The first-order valence-electron chi connectivity index (χ1n) is 10.6. The molecule has 0 bridgehead atoms. The van der Waals surface area contributed by atoms with Gasteiger partial charge in [0, 0.05) is 37.1 Å². The van der Waals surface area contributed by atoms with Crippen molar-refractivity contribution in [3.8, 4) is 0 Å². The molecule has 0 unspecified atom stereocenters. The third kappa shape index (κ3) is 19.4. The molecule has 0 atom stereocenters. The first-order chi connectivity index (χ1) is 12.1. The van der Waals surface area contributed by atoms with E-state index in [-0.39, 0.29) is 37.1 Å². The fraction of sp³-hybridized carbons (Fsp3) is 1.00. The van der Waals surface area contributed by atoms with E-state index in [2.05, 4.69) is 72.8 Å². The Morgan fingerprint density at radius 2 is 1.00 bits per heavy atom. The van der Waals surface area contributed by atoms with Crippen molar-refractivity contribution in [1.82, 2.24) is 0 Å². The second-order valence-electron chi connectivity index (χ2n) is 10.4. The Hall–Kier alpha value is 3.38. The summed E-state index contributed by atoms with van der Waals surface area (Å²) in [6, 6.07) is 0. The maximum atomic E-state index is 7.02. The van der Waals surface area contributed by atoms with Crippen LogP contribution in [0.2, 0.25) is 64.5 Å². The topological polar surface area (TPSA) is 27.7 Å². The van der Waals surface area contributed by atoms with Crippen molar-refractivity contribution < 1.29 is 46.7 Å². The van der Waals surface area contributed by atoms with Crippen LogP contribution in [0.15, 0.2) is 0 Å². The second kappa shape index (κ2) is 16.9. The van der Waals surface area contributed by atoms with Crippen LogP contribution < -0.4 is 0 Å². The van der Waals surface area contributed by atoms with Crippen LogP contribution in [0.25, 0.3) is 0 Å². The normalized spacial score (nSPS) is 13.5. The number of halogens is 2. The van der Waals surface area contributed by atoms with Gasteiger partial charge in [0.15, 0.2) is 0 Å². The van der Waals surface area contributed by atoms with Crippen molar-refractivity contribution in [3.63, 3.8) is 0 Å². The molecule has 0 heterocycles. The van der Waals surface area contributed by atoms with Crippen LogP contribution in [0.5, 0.6) is 0 Å². The maximum Gasteiger partial charge on any atom is 0 e. The first-order valence-corrected chi connectivity index (χ1v) is 31.5. The van der Waals surface area contributed by atoms with Gasteiger partial charge < -0.3 is 0 Å². The minimum absolute atomic E-state index is 0. The summed E-state index contributed by atoms with van der Waals surface area (Å²) in [5.74, 6) is 0. The van der Waals surface area contributed by atoms with Crippen molar-refractivity contribution in [2.45, 2.75) is 117 Å². The van der Waals surface area contributed by atoms with Crippen molar-refractivity contribution in [2.75, 3.05) is 0 Å². The third-order valence-electron chi connectivity index (χ3n) is 3.58. The Labute approximate surface area is 230 Å². The third-order valence-corrected chi connectivity index (χ3v) is 27.7. The SMILES string of the molecule is CCCCC(CCCC)[Si](O[IH][Si](C)(C)C)(O[IH][Si](C)(C)C)O[Si](C)(C)C.[V].[V]. The molecule has 11 heteroatoms. The van der Waals surface area contributed by atoms with Crippen LogP contribution in [0, 0.1) is 0 Å². The quantitative estimate of drug-likeness (QED) is 0.0950. The van der Waals surface area contributed by atoms with Gasteiger partial charge in [-0.3, -0.25) is 0 Å². The van der Waals surface area contributed by atoms with Gasteiger partial charge in [-0.1, -0.05) is 0 Å². The zero-order valence-corrected chi connectivity index (χ0v) is 32.2. The van der Waals surface area contributed by atoms with E-state index in [4.69, 9.17) is 9.63 Å². The van der Waals surface area contributed by atoms with Gasteiger partial charge in [-0.15, -0.1) is 0 Å². The standard InChI is InChI=1S/C18H48I2O3Si4.2V/c1-12-14-16-18(17-15-13-2)27(23-26(9,10)11,21-19-24(3,4)5)22-20-25(6,7)8;;/h18-20H,12-17H2,1-11H3;;. The molecule has 0 amide bonds. The first kappa shape index (κ1) is 36.9. The van der Waals surface area contributed by atoms with Crippen LogP contribution in [0.4, 0.5) is 0 Å². The van der Waals surface area contributed by atoms with Crippen LogP contribution >= 0.6 is 41.7 Å². The molecule has 0 saturated carbocycles. The molecule has 0 saturated heterocycles. The zero-order chi connectivity index (χ0) is 21.4. The van der Waals surface area contributed by atoms with Crippen LogP contribution in [0.3, 0.4) is 0 Å². The number of unbranched alkanes of at least 4 members (excludes halogenated alkanes) is 2. The minimum atomic E-state index is -2.61. The number of rotatable bonds is 15. The molecule has 0 aliphatic carbocycles. The average Bonchev–Trinajstić information content (AvgIpc) is 2.47. The molecule has 178 valence electrons. The minimum Gasteiger partial charge on any atom is 0 e. The van der Waals surface area contributed by atoms with Gasteiger partial charge in [-0.25, -0.2) is 0 Å². The Balaban J connectivity index is -0.00000338. The van der Waals surface area contributed by atoms with Crippen molar-refractivity contribution in [2.24, 2.45) is 0 Å². The summed E-state index contributed by atoms with van der Waals surface area (Å²) in [6.45, 7) is 26.3. The molecule has 3 nitrogen and oxygen atoms in total. The Morgan fingerprint density at radius 1 is 0.655 bits per heavy atom. The summed E-state index contributed by atoms with van der Waals surface area (Å²) in [6.07, 6.45) is 7.48. The van der Waals surface area contributed by atoms with Gasteiger partial charge in [-0.05, 0) is 0 Å². The molecule has 29 heavy (non-hydrogen) atoms. The van der Waals surface area contributed by atoms with E-state index in [1.807, 2.05) is 0 Å². The average molecular weight is 781 g/mol. The molecule has 0 rings (SSSR count). The van der Waals surface area contributed by atoms with Gasteiger partial charge >= 0.3 is 196 Å². The molecular weight excluding hydrogens is 732 g/mol. The van der Waals surface area contributed by atoms with Crippen molar-refractivity contribution >= 4 is 69.9 Å². The zero-order valence-electron chi connectivity index (χ0n) is 20.8. The largest absolute Gasteiger partial charge is 0 e. The van der Waals surface area contributed by atoms with Gasteiger partial charge in [0.1, 0.15) is 0 Å². The predicted molar refractivity (Wildman–Crippen MR) is 153 cm³/mol. The summed E-state index contributed by atoms with van der Waals surface area (Å²) in [7, 11) is -4.35. The molecule has 0 spiro atoms. The number of hydrogen-bond acceptors (Lipinski definition) is 3. The smallest absolute Gasteiger partial charge is 0 e. The van der Waals surface area contributed by atoms with Crippen LogP contribution in [-0.4, -0.2) is 28.3 Å². The van der Waals surface area contributed by atoms with Crippen LogP contribution in [0.1, 0.15) is 52.4 Å². The van der Waals surface area contributed by atoms with Gasteiger partial charge in [-0.2, -0.15) is 0 Å². The molecule has 0 aromatic heterocycles. The van der Waals surface area contributed by atoms with E-state index in [0.29, 0.717) is 5.54 Å². The molecule has 0 fully saturated rings. The molecule has 0 N–H and O–H groups in total. The monoisotopic (exact) mass is 780 g/mol. The van der Waals surface area contributed by atoms with E-state index < -0.39 is 69.9 Å². The molecule has 0 aromatic rings. The molecule has 0 aromatic carbocycles. The van der Waals surface area contributed by atoms with Gasteiger partial charge in [0.2, 0.25) is 0 Å². The van der Waals surface area contributed by atoms with Crippen molar-refractivity contribution in [3.05, 3.63) is 0 Å². The Bertz CT molecular complexity index is 391. The maximum absolute atomic E-state index is 7.02. The molecule has 0 aliphatic heterocycles. The summed E-state index contributed by atoms with van der Waals surface area (Å²) in [5, 5.41) is 0. The summed E-state index contributed by atoms with van der Waals surface area (Å²) in [4.78, 5) is 0. The fourth-order valence-electron chi connectivity index (χ4n) is 2.46. The van der Waals surface area contributed by atoms with E-state index in [1.165, 1.54) is 38.5 Å². The predicted octanol–water partition coefficient (Wildman–Crippen LogP) is 8.46. The molecule has 0 aliphatic rings. The van der Waals surface area contributed by atoms with E-state index in [9.17, 15) is 0 Å². The van der Waals surface area contributed by atoms with E-state index in [1.54, 1.807) is 0 Å². The fourth-order valence-corrected chi connectivity index (χ4v) is 35.9. The van der Waals surface area contributed by atoms with Gasteiger partial charge in [0.25, 0.3) is 0 Å². The van der Waals surface area contributed by atoms with E-state index in [0.717, 1.165) is 0 Å². The summed E-state index contributed by atoms with van der Waals surface area (Å²) < 4.78 is 21.0. The second-order valence-corrected chi connectivity index (χ2v) is 53.2. The summed E-state index contributed by atoms with van der Waals surface area (Å²) in [5.41, 5.74) is -1.88. The Kier molecular flexibility index (Phi) is 21.5. The number of hydrogen-bond donors (Lipinski definition) is 0. The summed E-state index contributed by atoms with van der Waals surface area (Å²) >= 11 is -0.951. The van der Waals surface area contributed by atoms with Crippen LogP contribution in [-0.2, 0) is 46.7 Å². The Morgan fingerprint density at radius 3 is 1.24 bits per heavy atom. The van der Waals surface area contributed by atoms with Crippen molar-refractivity contribution in [1.29, 1.82) is 0 Å². The molecular formula is C18H48I2O3Si4V2. The van der Waals surface area contributed by atoms with Gasteiger partial charge in [0.05, 0.1) is 0 Å².